The van der Waals surface area contributed by atoms with Gasteiger partial charge in [-0.25, -0.2) is 4.98 Å². The molecule has 20 heavy (non-hydrogen) atoms. The Kier molecular flexibility index (Phi) is 4.69. The van der Waals surface area contributed by atoms with Crippen molar-refractivity contribution in [2.75, 3.05) is 4.72 Å². The van der Waals surface area contributed by atoms with Crippen LogP contribution >= 0.6 is 22.6 Å². The van der Waals surface area contributed by atoms with E-state index in [4.69, 9.17) is 0 Å². The summed E-state index contributed by atoms with van der Waals surface area (Å²) >= 11 is 2.17. The molecule has 1 N–H and O–H groups in total. The summed E-state index contributed by atoms with van der Waals surface area (Å²) in [4.78, 5) is 4.13. The lowest BCUT2D eigenvalue weighted by Crippen LogP contribution is -2.13. The van der Waals surface area contributed by atoms with Crippen LogP contribution in [0, 0.1) is 10.5 Å². The highest BCUT2D eigenvalue weighted by atomic mass is 127. The Morgan fingerprint density at radius 1 is 1.30 bits per heavy atom. The number of anilines is 1. The summed E-state index contributed by atoms with van der Waals surface area (Å²) in [5, 5.41) is 0.0574. The van der Waals surface area contributed by atoms with Crippen LogP contribution in [0.2, 0.25) is 0 Å². The van der Waals surface area contributed by atoms with E-state index in [9.17, 15) is 8.42 Å². The SMILES string of the molecule is CCCn1cc(S(=O)(=O)Nc2ccc(I)cc2)nc1C. The standard InChI is InChI=1S/C13H16IN3O2S/c1-3-8-17-9-13(15-10(17)2)20(18,19)16-12-6-4-11(14)5-7-12/h4-7,9,16H,3,8H2,1-2H3. The van der Waals surface area contributed by atoms with Gasteiger partial charge < -0.3 is 4.57 Å². The molecule has 0 fully saturated rings. The fraction of sp³-hybridized carbons (Fsp3) is 0.308. The van der Waals surface area contributed by atoms with Crippen LogP contribution in [-0.2, 0) is 16.6 Å². The molecule has 7 heteroatoms. The van der Waals surface area contributed by atoms with Crippen molar-refractivity contribution in [3.05, 3.63) is 39.9 Å². The predicted octanol–water partition coefficient (Wildman–Crippen LogP) is 3.01. The molecule has 0 atom stereocenters. The van der Waals surface area contributed by atoms with Crippen LogP contribution in [0.1, 0.15) is 19.2 Å². The number of aryl methyl sites for hydroxylation is 2. The third-order valence-electron chi connectivity index (χ3n) is 2.79. The number of hydrogen-bond donors (Lipinski definition) is 1. The topological polar surface area (TPSA) is 64.0 Å². The molecule has 0 unspecified atom stereocenters. The van der Waals surface area contributed by atoms with Crippen molar-refractivity contribution in [3.63, 3.8) is 0 Å². The van der Waals surface area contributed by atoms with Crippen LogP contribution < -0.4 is 4.72 Å². The minimum atomic E-state index is -3.63. The van der Waals surface area contributed by atoms with Gasteiger partial charge in [0.15, 0.2) is 5.03 Å². The van der Waals surface area contributed by atoms with Gasteiger partial charge in [0.2, 0.25) is 0 Å². The van der Waals surface area contributed by atoms with Gasteiger partial charge in [-0.3, -0.25) is 4.72 Å². The first-order valence-corrected chi connectivity index (χ1v) is 8.80. The number of rotatable bonds is 5. The van der Waals surface area contributed by atoms with Gasteiger partial charge in [-0.05, 0) is 60.2 Å². The summed E-state index contributed by atoms with van der Waals surface area (Å²) in [6, 6.07) is 7.16. The lowest BCUT2D eigenvalue weighted by Gasteiger charge is -2.05. The molecule has 2 rings (SSSR count). The lowest BCUT2D eigenvalue weighted by atomic mass is 10.3. The van der Waals surface area contributed by atoms with E-state index < -0.39 is 10.0 Å². The van der Waals surface area contributed by atoms with E-state index in [1.54, 1.807) is 25.3 Å². The van der Waals surface area contributed by atoms with Gasteiger partial charge in [0.25, 0.3) is 10.0 Å². The molecule has 1 aromatic carbocycles. The number of benzene rings is 1. The summed E-state index contributed by atoms with van der Waals surface area (Å²) in [5.41, 5.74) is 0.535. The minimum absolute atomic E-state index is 0.0574. The third kappa shape index (κ3) is 3.51. The molecule has 0 aliphatic carbocycles. The number of hydrogen-bond acceptors (Lipinski definition) is 3. The summed E-state index contributed by atoms with van der Waals surface area (Å²) in [6.07, 6.45) is 2.51. The second kappa shape index (κ2) is 6.13. The number of halogens is 1. The summed E-state index contributed by atoms with van der Waals surface area (Å²) in [6.45, 7) is 4.61. The lowest BCUT2D eigenvalue weighted by molar-refractivity contribution is 0.597. The molecule has 0 spiro atoms. The quantitative estimate of drug-likeness (QED) is 0.778. The summed E-state index contributed by atoms with van der Waals surface area (Å²) < 4.78 is 30.0. The Bertz CT molecular complexity index is 693. The Hall–Kier alpha value is -1.09. The molecule has 0 radical (unpaired) electrons. The van der Waals surface area contributed by atoms with Crippen molar-refractivity contribution in [3.8, 4) is 0 Å². The van der Waals surface area contributed by atoms with E-state index in [1.165, 1.54) is 0 Å². The monoisotopic (exact) mass is 405 g/mol. The molecule has 0 aliphatic heterocycles. The fourth-order valence-corrected chi connectivity index (χ4v) is 3.23. The van der Waals surface area contributed by atoms with Crippen LogP contribution in [0.15, 0.2) is 35.5 Å². The zero-order valence-corrected chi connectivity index (χ0v) is 14.3. The molecule has 2 aromatic rings. The van der Waals surface area contributed by atoms with Crippen molar-refractivity contribution in [1.82, 2.24) is 9.55 Å². The van der Waals surface area contributed by atoms with E-state index in [-0.39, 0.29) is 5.03 Å². The minimum Gasteiger partial charge on any atom is -0.334 e. The second-order valence-electron chi connectivity index (χ2n) is 4.43. The first-order valence-electron chi connectivity index (χ1n) is 6.24. The van der Waals surface area contributed by atoms with Gasteiger partial charge in [-0.15, -0.1) is 0 Å². The Morgan fingerprint density at radius 3 is 2.55 bits per heavy atom. The highest BCUT2D eigenvalue weighted by Gasteiger charge is 2.19. The van der Waals surface area contributed by atoms with E-state index in [2.05, 4.69) is 32.3 Å². The number of sulfonamides is 1. The van der Waals surface area contributed by atoms with Crippen LogP contribution in [-0.4, -0.2) is 18.0 Å². The zero-order valence-electron chi connectivity index (χ0n) is 11.3. The molecule has 0 aliphatic rings. The van der Waals surface area contributed by atoms with Crippen LogP contribution in [0.5, 0.6) is 0 Å². The fourth-order valence-electron chi connectivity index (χ4n) is 1.80. The van der Waals surface area contributed by atoms with Crippen molar-refractivity contribution < 1.29 is 8.42 Å². The van der Waals surface area contributed by atoms with Crippen LogP contribution in [0.3, 0.4) is 0 Å². The molecule has 108 valence electrons. The van der Waals surface area contributed by atoms with Crippen LogP contribution in [0.4, 0.5) is 5.69 Å². The van der Waals surface area contributed by atoms with Gasteiger partial charge in [0.05, 0.1) is 0 Å². The average molecular weight is 405 g/mol. The van der Waals surface area contributed by atoms with Crippen molar-refractivity contribution in [2.45, 2.75) is 31.8 Å². The zero-order chi connectivity index (χ0) is 14.8. The molecule has 0 bridgehead atoms. The molecule has 0 amide bonds. The maximum Gasteiger partial charge on any atom is 0.280 e. The van der Waals surface area contributed by atoms with E-state index in [1.807, 2.05) is 23.6 Å². The van der Waals surface area contributed by atoms with Gasteiger partial charge in [0.1, 0.15) is 5.82 Å². The molecule has 0 saturated heterocycles. The Morgan fingerprint density at radius 2 is 1.95 bits per heavy atom. The Labute approximate surface area is 132 Å². The highest BCUT2D eigenvalue weighted by molar-refractivity contribution is 14.1. The highest BCUT2D eigenvalue weighted by Crippen LogP contribution is 2.17. The maximum atomic E-state index is 12.3. The van der Waals surface area contributed by atoms with Gasteiger partial charge >= 0.3 is 0 Å². The van der Waals surface area contributed by atoms with E-state index in [0.29, 0.717) is 11.5 Å². The molecule has 1 heterocycles. The first kappa shape index (κ1) is 15.3. The largest absolute Gasteiger partial charge is 0.334 e. The number of nitrogens with one attached hydrogen (secondary N) is 1. The molecule has 0 saturated carbocycles. The van der Waals surface area contributed by atoms with Gasteiger partial charge in [-0.2, -0.15) is 8.42 Å². The maximum absolute atomic E-state index is 12.3. The van der Waals surface area contributed by atoms with Crippen molar-refractivity contribution in [2.24, 2.45) is 0 Å². The third-order valence-corrected chi connectivity index (χ3v) is 4.76. The van der Waals surface area contributed by atoms with Gasteiger partial charge in [-0.1, -0.05) is 6.92 Å². The first-order chi connectivity index (χ1) is 9.42. The second-order valence-corrected chi connectivity index (χ2v) is 7.31. The smallest absolute Gasteiger partial charge is 0.280 e. The van der Waals surface area contributed by atoms with Gasteiger partial charge in [0, 0.05) is 22.0 Å². The predicted molar refractivity (Wildman–Crippen MR) is 87.2 cm³/mol. The molecular formula is C13H16IN3O2S. The average Bonchev–Trinajstić information content (AvgIpc) is 2.75. The normalized spacial score (nSPS) is 11.6. The number of aromatic nitrogens is 2. The number of nitrogens with zero attached hydrogens (tertiary/aromatic N) is 2. The summed E-state index contributed by atoms with van der Waals surface area (Å²) in [7, 11) is -3.63. The van der Waals surface area contributed by atoms with E-state index in [0.717, 1.165) is 16.5 Å². The van der Waals surface area contributed by atoms with Crippen molar-refractivity contribution >= 4 is 38.3 Å². The molecular weight excluding hydrogens is 389 g/mol. The van der Waals surface area contributed by atoms with Crippen LogP contribution in [0.25, 0.3) is 0 Å². The Balaban J connectivity index is 2.26. The number of imidazole rings is 1. The molecule has 1 aromatic heterocycles. The van der Waals surface area contributed by atoms with Crippen molar-refractivity contribution in [1.29, 1.82) is 0 Å². The summed E-state index contributed by atoms with van der Waals surface area (Å²) in [5.74, 6) is 0.704. The van der Waals surface area contributed by atoms with E-state index >= 15 is 0 Å². The molecule has 5 nitrogen and oxygen atoms in total.